The van der Waals surface area contributed by atoms with Crippen molar-refractivity contribution < 1.29 is 39.5 Å². The van der Waals surface area contributed by atoms with Gasteiger partial charge < -0.3 is 35.8 Å². The molecule has 2 aromatic carbocycles. The van der Waals surface area contributed by atoms with E-state index in [1.165, 1.54) is 4.90 Å². The van der Waals surface area contributed by atoms with Gasteiger partial charge in [-0.05, 0) is 68.8 Å². The fraction of sp³-hybridized carbons (Fsp3) is 0.344. The SMILES string of the molecule is COc1ccc(C#Cc2cc(N(C)C)c3c(c2O)C(O)=C2C(=O)[C@@]4(O)C(O)=C(C(N)=O)C(=O)[C@H](N(C)C)[C@H]4C[C@H]2C3)cc1. The monoisotopic (exact) mass is 587 g/mol. The van der Waals surface area contributed by atoms with Crippen LogP contribution in [-0.2, 0) is 20.8 Å². The molecule has 224 valence electrons. The highest BCUT2D eigenvalue weighted by Crippen LogP contribution is 2.54. The van der Waals surface area contributed by atoms with Gasteiger partial charge in [0.15, 0.2) is 11.4 Å². The number of nitrogens with zero attached hydrogens (tertiary/aromatic N) is 2. The molecule has 0 saturated heterocycles. The highest BCUT2D eigenvalue weighted by Gasteiger charge is 2.64. The van der Waals surface area contributed by atoms with E-state index in [9.17, 15) is 34.8 Å². The van der Waals surface area contributed by atoms with Gasteiger partial charge in [-0.15, -0.1) is 0 Å². The van der Waals surface area contributed by atoms with Crippen molar-refractivity contribution in [1.29, 1.82) is 0 Å². The smallest absolute Gasteiger partial charge is 0.255 e. The minimum Gasteiger partial charge on any atom is -0.508 e. The molecule has 3 aliphatic carbocycles. The first-order chi connectivity index (χ1) is 20.2. The van der Waals surface area contributed by atoms with E-state index >= 15 is 0 Å². The zero-order valence-corrected chi connectivity index (χ0v) is 24.4. The molecule has 11 heteroatoms. The number of amides is 1. The molecule has 0 aliphatic heterocycles. The summed E-state index contributed by atoms with van der Waals surface area (Å²) in [4.78, 5) is 42.8. The minimum absolute atomic E-state index is 0.0123. The van der Waals surface area contributed by atoms with Crippen LogP contribution in [0.15, 0.2) is 47.2 Å². The Morgan fingerprint density at radius 2 is 1.72 bits per heavy atom. The Balaban J connectivity index is 1.70. The maximum atomic E-state index is 14.1. The third-order valence-electron chi connectivity index (χ3n) is 8.61. The predicted octanol–water partition coefficient (Wildman–Crippen LogP) is 1.44. The number of Topliss-reactive ketones (excluding diaryl/α,β-unsaturated/α-hetero) is 2. The molecular weight excluding hydrogens is 554 g/mol. The van der Waals surface area contributed by atoms with Crippen molar-refractivity contribution in [2.24, 2.45) is 17.6 Å². The standard InChI is InChI=1S/C32H33N3O8/c1-34(2)21-14-16(9-6-15-7-10-18(43-5)11-8-15)26(36)23-19(21)12-17-13-20-25(35(3)4)28(38)24(31(33)41)30(40)32(20,42)29(39)22(17)27(23)37/h7-8,10-11,14,17,20,25,36-37,40,42H,12-13H2,1-5H3,(H2,33,41)/t17-,20-,25-,32-/m1/s1. The van der Waals surface area contributed by atoms with Gasteiger partial charge in [0, 0.05) is 36.8 Å². The molecule has 6 N–H and O–H groups in total. The number of primary amides is 1. The zero-order chi connectivity index (χ0) is 31.5. The van der Waals surface area contributed by atoms with Crippen molar-refractivity contribution in [2.75, 3.05) is 40.2 Å². The lowest BCUT2D eigenvalue weighted by Gasteiger charge is -2.50. The van der Waals surface area contributed by atoms with Crippen molar-refractivity contribution in [1.82, 2.24) is 4.90 Å². The van der Waals surface area contributed by atoms with Crippen LogP contribution in [-0.4, -0.2) is 89.7 Å². The lowest BCUT2D eigenvalue weighted by molar-refractivity contribution is -0.153. The van der Waals surface area contributed by atoms with Crippen LogP contribution in [0.4, 0.5) is 5.69 Å². The molecule has 0 aromatic heterocycles. The van der Waals surface area contributed by atoms with E-state index in [1.807, 2.05) is 0 Å². The van der Waals surface area contributed by atoms with E-state index in [0.29, 0.717) is 22.6 Å². The van der Waals surface area contributed by atoms with Crippen molar-refractivity contribution >= 4 is 28.9 Å². The number of fused-ring (bicyclic) bond motifs is 3. The number of aromatic hydroxyl groups is 1. The number of carbonyl (C=O) groups excluding carboxylic acids is 3. The summed E-state index contributed by atoms with van der Waals surface area (Å²) in [5.41, 5.74) is 3.66. The van der Waals surface area contributed by atoms with Crippen LogP contribution >= 0.6 is 0 Å². The Labute approximate surface area is 248 Å². The van der Waals surface area contributed by atoms with Crippen LogP contribution in [0.3, 0.4) is 0 Å². The number of phenolic OH excluding ortho intramolecular Hbond substituents is 1. The normalized spacial score (nSPS) is 24.6. The third kappa shape index (κ3) is 4.42. The van der Waals surface area contributed by atoms with E-state index in [2.05, 4.69) is 11.8 Å². The van der Waals surface area contributed by atoms with Crippen LogP contribution in [0.1, 0.15) is 28.7 Å². The highest BCUT2D eigenvalue weighted by molar-refractivity contribution is 6.24. The van der Waals surface area contributed by atoms with E-state index in [4.69, 9.17) is 10.5 Å². The number of phenols is 1. The summed E-state index contributed by atoms with van der Waals surface area (Å²) in [5, 5.41) is 45.8. The van der Waals surface area contributed by atoms with Gasteiger partial charge >= 0.3 is 0 Å². The van der Waals surface area contributed by atoms with Crippen molar-refractivity contribution in [3.8, 4) is 23.3 Å². The number of ketones is 2. The maximum absolute atomic E-state index is 14.1. The molecule has 0 bridgehead atoms. The largest absolute Gasteiger partial charge is 0.508 e. The minimum atomic E-state index is -2.70. The zero-order valence-electron chi connectivity index (χ0n) is 24.4. The second kappa shape index (κ2) is 10.5. The molecule has 1 fully saturated rings. The summed E-state index contributed by atoms with van der Waals surface area (Å²) in [5.74, 6) is -0.408. The highest BCUT2D eigenvalue weighted by atomic mass is 16.5. The number of ether oxygens (including phenoxy) is 1. The molecule has 0 radical (unpaired) electrons. The number of anilines is 1. The molecule has 5 rings (SSSR count). The third-order valence-corrected chi connectivity index (χ3v) is 8.61. The molecule has 4 atom stereocenters. The van der Waals surface area contributed by atoms with Crippen molar-refractivity contribution in [2.45, 2.75) is 24.5 Å². The van der Waals surface area contributed by atoms with Gasteiger partial charge in [0.05, 0.1) is 24.3 Å². The number of hydrogen-bond acceptors (Lipinski definition) is 10. The quantitative estimate of drug-likeness (QED) is 0.260. The Hall–Kier alpha value is -4.79. The summed E-state index contributed by atoms with van der Waals surface area (Å²) < 4.78 is 5.17. The average Bonchev–Trinajstić information content (AvgIpc) is 2.94. The molecule has 0 heterocycles. The molecule has 3 aliphatic rings. The summed E-state index contributed by atoms with van der Waals surface area (Å²) in [7, 11) is 8.27. The summed E-state index contributed by atoms with van der Waals surface area (Å²) in [6.07, 6.45) is 0.195. The Kier molecular flexibility index (Phi) is 7.24. The van der Waals surface area contributed by atoms with E-state index in [1.54, 1.807) is 70.5 Å². The first kappa shape index (κ1) is 29.7. The number of rotatable bonds is 4. The molecule has 11 nitrogen and oxygen atoms in total. The number of aliphatic hydroxyl groups is 3. The van der Waals surface area contributed by atoms with Crippen molar-refractivity contribution in [3.63, 3.8) is 0 Å². The average molecular weight is 588 g/mol. The first-order valence-corrected chi connectivity index (χ1v) is 13.6. The first-order valence-electron chi connectivity index (χ1n) is 13.6. The predicted molar refractivity (Wildman–Crippen MR) is 158 cm³/mol. The number of carbonyl (C=O) groups is 3. The summed E-state index contributed by atoms with van der Waals surface area (Å²) >= 11 is 0. The van der Waals surface area contributed by atoms with Crippen LogP contribution in [0.25, 0.3) is 5.76 Å². The van der Waals surface area contributed by atoms with E-state index < -0.39 is 58.0 Å². The molecule has 2 aromatic rings. The van der Waals surface area contributed by atoms with Gasteiger partial charge in [0.25, 0.3) is 5.91 Å². The lowest BCUT2D eigenvalue weighted by atomic mass is 9.57. The Morgan fingerprint density at radius 1 is 1.07 bits per heavy atom. The summed E-state index contributed by atoms with van der Waals surface area (Å²) in [6, 6.07) is 7.56. The van der Waals surface area contributed by atoms with Crippen LogP contribution in [0.2, 0.25) is 0 Å². The number of benzene rings is 2. The van der Waals surface area contributed by atoms with Gasteiger partial charge in [-0.25, -0.2) is 0 Å². The second-order valence-electron chi connectivity index (χ2n) is 11.5. The van der Waals surface area contributed by atoms with Gasteiger partial charge in [-0.3, -0.25) is 19.3 Å². The van der Waals surface area contributed by atoms with E-state index in [0.717, 1.165) is 0 Å². The Bertz CT molecular complexity index is 1690. The number of likely N-dealkylation sites (N-methyl/N-ethyl adjacent to an activating group) is 1. The fourth-order valence-corrected chi connectivity index (χ4v) is 6.60. The molecule has 1 saturated carbocycles. The molecule has 0 unspecified atom stereocenters. The molecule has 1 amide bonds. The number of hydrogen-bond donors (Lipinski definition) is 5. The maximum Gasteiger partial charge on any atom is 0.255 e. The van der Waals surface area contributed by atoms with E-state index in [-0.39, 0.29) is 35.3 Å². The summed E-state index contributed by atoms with van der Waals surface area (Å²) in [6.45, 7) is 0. The van der Waals surface area contributed by atoms with Gasteiger partial charge in [-0.1, -0.05) is 11.8 Å². The molecule has 43 heavy (non-hydrogen) atoms. The van der Waals surface area contributed by atoms with Gasteiger partial charge in [-0.2, -0.15) is 0 Å². The number of methoxy groups -OCH3 is 1. The van der Waals surface area contributed by atoms with Crippen molar-refractivity contribution in [3.05, 3.63) is 69.5 Å². The lowest BCUT2D eigenvalue weighted by Crippen LogP contribution is -2.65. The number of nitrogens with two attached hydrogens (primary N) is 1. The molecular formula is C32H33N3O8. The Morgan fingerprint density at radius 3 is 2.28 bits per heavy atom. The van der Waals surface area contributed by atoms with Gasteiger partial charge in [0.1, 0.15) is 28.6 Å². The topological polar surface area (TPSA) is 174 Å². The second-order valence-corrected chi connectivity index (χ2v) is 11.5. The van der Waals surface area contributed by atoms with Crippen LogP contribution in [0, 0.1) is 23.7 Å². The number of aliphatic hydroxyl groups excluding tert-OH is 2. The van der Waals surface area contributed by atoms with Crippen LogP contribution in [0.5, 0.6) is 11.5 Å². The molecule has 0 spiro atoms. The van der Waals surface area contributed by atoms with Gasteiger partial charge in [0.2, 0.25) is 5.78 Å². The fourth-order valence-electron chi connectivity index (χ4n) is 6.60. The van der Waals surface area contributed by atoms with Crippen LogP contribution < -0.4 is 15.4 Å².